The zero-order valence-electron chi connectivity index (χ0n) is 10.7. The van der Waals surface area contributed by atoms with Crippen LogP contribution in [0.3, 0.4) is 0 Å². The van der Waals surface area contributed by atoms with Crippen molar-refractivity contribution in [1.29, 1.82) is 0 Å². The monoisotopic (exact) mass is 345 g/mol. The van der Waals surface area contributed by atoms with E-state index in [2.05, 4.69) is 15.9 Å². The molecule has 1 fully saturated rings. The number of hydrogen-bond acceptors (Lipinski definition) is 4. The van der Waals surface area contributed by atoms with E-state index in [0.717, 1.165) is 3.79 Å². The van der Waals surface area contributed by atoms with Crippen molar-refractivity contribution >= 4 is 39.1 Å². The van der Waals surface area contributed by atoms with Gasteiger partial charge in [0.15, 0.2) is 0 Å². The van der Waals surface area contributed by atoms with Crippen molar-refractivity contribution in [3.63, 3.8) is 0 Å². The molecule has 0 aromatic carbocycles. The Morgan fingerprint density at radius 1 is 1.47 bits per heavy atom. The smallest absolute Gasteiger partial charge is 0.309 e. The highest BCUT2D eigenvalue weighted by Gasteiger charge is 2.28. The first-order valence-electron chi connectivity index (χ1n) is 6.31. The summed E-state index contributed by atoms with van der Waals surface area (Å²) in [5, 5.41) is 1.85. The third-order valence-electron chi connectivity index (χ3n) is 3.22. The molecule has 19 heavy (non-hydrogen) atoms. The number of piperidine rings is 1. The predicted molar refractivity (Wildman–Crippen MR) is 77.3 cm³/mol. The molecule has 6 heteroatoms. The molecule has 0 atom stereocenters. The Morgan fingerprint density at radius 2 is 2.16 bits per heavy atom. The molecule has 1 amide bonds. The molecule has 1 aromatic heterocycles. The van der Waals surface area contributed by atoms with Gasteiger partial charge >= 0.3 is 5.97 Å². The highest BCUT2D eigenvalue weighted by Crippen LogP contribution is 2.24. The van der Waals surface area contributed by atoms with Crippen LogP contribution in [0.25, 0.3) is 0 Å². The number of amides is 1. The largest absolute Gasteiger partial charge is 0.466 e. The van der Waals surface area contributed by atoms with Gasteiger partial charge in [0.25, 0.3) is 5.91 Å². The van der Waals surface area contributed by atoms with Gasteiger partial charge in [0.05, 0.1) is 21.9 Å². The number of halogens is 1. The Bertz CT molecular complexity index is 466. The normalized spacial score (nSPS) is 16.4. The fourth-order valence-electron chi connectivity index (χ4n) is 2.18. The van der Waals surface area contributed by atoms with Crippen LogP contribution in [0.1, 0.15) is 30.1 Å². The molecule has 0 unspecified atom stereocenters. The Morgan fingerprint density at radius 3 is 2.68 bits per heavy atom. The van der Waals surface area contributed by atoms with E-state index < -0.39 is 0 Å². The number of rotatable bonds is 3. The van der Waals surface area contributed by atoms with E-state index in [-0.39, 0.29) is 17.8 Å². The van der Waals surface area contributed by atoms with E-state index in [4.69, 9.17) is 4.74 Å². The van der Waals surface area contributed by atoms with Crippen LogP contribution in [0.2, 0.25) is 0 Å². The van der Waals surface area contributed by atoms with E-state index in [1.165, 1.54) is 11.3 Å². The summed E-state index contributed by atoms with van der Waals surface area (Å²) >= 11 is 4.86. The minimum atomic E-state index is -0.132. The zero-order chi connectivity index (χ0) is 13.8. The quantitative estimate of drug-likeness (QED) is 0.791. The number of nitrogens with zero attached hydrogens (tertiary/aromatic N) is 1. The molecule has 0 saturated carbocycles. The van der Waals surface area contributed by atoms with Crippen LogP contribution < -0.4 is 0 Å². The maximum Gasteiger partial charge on any atom is 0.309 e. The lowest BCUT2D eigenvalue weighted by atomic mass is 9.96. The van der Waals surface area contributed by atoms with E-state index in [0.29, 0.717) is 38.1 Å². The number of thiophene rings is 1. The predicted octanol–water partition coefficient (Wildman–Crippen LogP) is 2.93. The van der Waals surface area contributed by atoms with E-state index in [1.54, 1.807) is 0 Å². The average molecular weight is 346 g/mol. The van der Waals surface area contributed by atoms with Crippen LogP contribution in [-0.2, 0) is 9.53 Å². The third-order valence-corrected chi connectivity index (χ3v) is 4.72. The molecule has 0 N–H and O–H groups in total. The first-order valence-corrected chi connectivity index (χ1v) is 7.99. The molecule has 104 valence electrons. The van der Waals surface area contributed by atoms with E-state index >= 15 is 0 Å². The van der Waals surface area contributed by atoms with Gasteiger partial charge in [0.2, 0.25) is 0 Å². The van der Waals surface area contributed by atoms with Gasteiger partial charge in [-0.3, -0.25) is 9.59 Å². The summed E-state index contributed by atoms with van der Waals surface area (Å²) in [7, 11) is 0. The van der Waals surface area contributed by atoms with Crippen molar-refractivity contribution in [2.75, 3.05) is 19.7 Å². The average Bonchev–Trinajstić information content (AvgIpc) is 2.85. The molecule has 0 radical (unpaired) electrons. The molecular weight excluding hydrogens is 330 g/mol. The lowest BCUT2D eigenvalue weighted by molar-refractivity contribution is -0.149. The highest BCUT2D eigenvalue weighted by atomic mass is 79.9. The fourth-order valence-corrected chi connectivity index (χ4v) is 3.31. The molecule has 0 spiro atoms. The summed E-state index contributed by atoms with van der Waals surface area (Å²) in [6.07, 6.45) is 1.38. The number of carbonyl (C=O) groups excluding carboxylic acids is 2. The minimum absolute atomic E-state index is 0.0456. The summed E-state index contributed by atoms with van der Waals surface area (Å²) in [5.74, 6) is -0.143. The van der Waals surface area contributed by atoms with Crippen LogP contribution in [0, 0.1) is 5.92 Å². The second kappa shape index (κ2) is 6.52. The maximum absolute atomic E-state index is 12.2. The Labute approximate surface area is 124 Å². The third kappa shape index (κ3) is 3.57. The molecule has 2 rings (SSSR count). The van der Waals surface area contributed by atoms with Gasteiger partial charge < -0.3 is 9.64 Å². The second-order valence-corrected chi connectivity index (χ2v) is 6.75. The van der Waals surface area contributed by atoms with Crippen molar-refractivity contribution in [2.24, 2.45) is 5.92 Å². The summed E-state index contributed by atoms with van der Waals surface area (Å²) in [6.45, 7) is 3.47. The van der Waals surface area contributed by atoms with Crippen molar-refractivity contribution in [1.82, 2.24) is 4.90 Å². The van der Waals surface area contributed by atoms with Crippen LogP contribution in [0.4, 0.5) is 0 Å². The van der Waals surface area contributed by atoms with E-state index in [9.17, 15) is 9.59 Å². The Kier molecular flexibility index (Phi) is 4.99. The minimum Gasteiger partial charge on any atom is -0.466 e. The van der Waals surface area contributed by atoms with Crippen molar-refractivity contribution < 1.29 is 14.3 Å². The number of carbonyl (C=O) groups is 2. The summed E-state index contributed by atoms with van der Waals surface area (Å²) < 4.78 is 5.97. The van der Waals surface area contributed by atoms with Crippen molar-refractivity contribution in [3.8, 4) is 0 Å². The van der Waals surface area contributed by atoms with Crippen LogP contribution >= 0.6 is 27.3 Å². The second-order valence-electron chi connectivity index (χ2n) is 4.46. The van der Waals surface area contributed by atoms with Gasteiger partial charge in [-0.05, 0) is 41.8 Å². The lowest BCUT2D eigenvalue weighted by Gasteiger charge is -2.30. The van der Waals surface area contributed by atoms with Gasteiger partial charge in [-0.15, -0.1) is 11.3 Å². The summed E-state index contributed by atoms with van der Waals surface area (Å²) in [5.41, 5.74) is 0.714. The standard InChI is InChI=1S/C13H16BrNO3S/c1-2-18-13(17)9-3-5-15(6-4-9)12(16)10-7-11(14)19-8-10/h7-9H,2-6H2,1H3. The van der Waals surface area contributed by atoms with Gasteiger partial charge in [0.1, 0.15) is 0 Å². The Balaban J connectivity index is 1.89. The first-order chi connectivity index (χ1) is 9.11. The van der Waals surface area contributed by atoms with Crippen LogP contribution in [0.15, 0.2) is 15.2 Å². The molecule has 4 nitrogen and oxygen atoms in total. The molecule has 1 aromatic rings. The van der Waals surface area contributed by atoms with Crippen molar-refractivity contribution in [3.05, 3.63) is 20.8 Å². The van der Waals surface area contributed by atoms with Gasteiger partial charge in [0, 0.05) is 18.5 Å². The van der Waals surface area contributed by atoms with Gasteiger partial charge in [-0.2, -0.15) is 0 Å². The molecular formula is C13H16BrNO3S. The summed E-state index contributed by atoms with van der Waals surface area (Å²) in [4.78, 5) is 25.6. The SMILES string of the molecule is CCOC(=O)C1CCN(C(=O)c2csc(Br)c2)CC1. The van der Waals surface area contributed by atoms with Crippen LogP contribution in [-0.4, -0.2) is 36.5 Å². The zero-order valence-corrected chi connectivity index (χ0v) is 13.1. The topological polar surface area (TPSA) is 46.6 Å². The van der Waals surface area contributed by atoms with E-state index in [1.807, 2.05) is 23.3 Å². The number of likely N-dealkylation sites (tertiary alicyclic amines) is 1. The van der Waals surface area contributed by atoms with Gasteiger partial charge in [-0.25, -0.2) is 0 Å². The first kappa shape index (κ1) is 14.5. The molecule has 0 bridgehead atoms. The van der Waals surface area contributed by atoms with Crippen LogP contribution in [0.5, 0.6) is 0 Å². The van der Waals surface area contributed by atoms with Crippen molar-refractivity contribution in [2.45, 2.75) is 19.8 Å². The fraction of sp³-hybridized carbons (Fsp3) is 0.538. The molecule has 2 heterocycles. The number of ether oxygens (including phenoxy) is 1. The highest BCUT2D eigenvalue weighted by molar-refractivity contribution is 9.11. The molecule has 1 aliphatic rings. The maximum atomic E-state index is 12.2. The Hall–Kier alpha value is -0.880. The molecule has 0 aliphatic carbocycles. The number of esters is 1. The lowest BCUT2D eigenvalue weighted by Crippen LogP contribution is -2.40. The molecule has 1 saturated heterocycles. The summed E-state index contributed by atoms with van der Waals surface area (Å²) in [6, 6.07) is 1.84. The molecule has 1 aliphatic heterocycles. The van der Waals surface area contributed by atoms with Gasteiger partial charge in [-0.1, -0.05) is 0 Å². The number of hydrogen-bond donors (Lipinski definition) is 0.